The van der Waals surface area contributed by atoms with E-state index in [0.29, 0.717) is 11.6 Å². The van der Waals surface area contributed by atoms with Crippen LogP contribution in [0, 0.1) is 6.92 Å². The van der Waals surface area contributed by atoms with Crippen molar-refractivity contribution in [1.29, 1.82) is 0 Å². The topological polar surface area (TPSA) is 55.0 Å². The monoisotopic (exact) mass is 194 g/mol. The molecule has 0 radical (unpaired) electrons. The Kier molecular flexibility index (Phi) is 2.63. The third kappa shape index (κ3) is 1.70. The van der Waals surface area contributed by atoms with Crippen molar-refractivity contribution in [2.24, 2.45) is 0 Å². The van der Waals surface area contributed by atoms with Crippen LogP contribution in [0.3, 0.4) is 0 Å². The summed E-state index contributed by atoms with van der Waals surface area (Å²) in [6.07, 6.45) is 2.78. The zero-order valence-electron chi connectivity index (χ0n) is 8.25. The van der Waals surface area contributed by atoms with E-state index in [1.54, 1.807) is 0 Å². The van der Waals surface area contributed by atoms with Gasteiger partial charge in [0, 0.05) is 24.8 Å². The van der Waals surface area contributed by atoms with E-state index >= 15 is 0 Å². The molecule has 0 unspecified atom stereocenters. The van der Waals surface area contributed by atoms with Crippen molar-refractivity contribution in [3.63, 3.8) is 0 Å². The number of aromatic nitrogens is 2. The number of carbonyl (C=O) groups excluding carboxylic acids is 1. The van der Waals surface area contributed by atoms with E-state index in [2.05, 4.69) is 9.97 Å². The Hall–Kier alpha value is -1.16. The first-order valence-electron chi connectivity index (χ1n) is 4.90. The molecule has 1 aliphatic heterocycles. The first-order valence-corrected chi connectivity index (χ1v) is 4.90. The lowest BCUT2D eigenvalue weighted by Gasteiger charge is -2.19. The molecule has 1 aliphatic rings. The zero-order chi connectivity index (χ0) is 9.97. The molecule has 1 aromatic rings. The van der Waals surface area contributed by atoms with Gasteiger partial charge in [0.1, 0.15) is 11.5 Å². The number of hydrogen-bond acceptors (Lipinski definition) is 3. The summed E-state index contributed by atoms with van der Waals surface area (Å²) < 4.78 is 5.27. The van der Waals surface area contributed by atoms with Gasteiger partial charge in [0.25, 0.3) is 0 Å². The van der Waals surface area contributed by atoms with Gasteiger partial charge in [0.05, 0.1) is 0 Å². The average molecular weight is 194 g/mol. The van der Waals surface area contributed by atoms with Crippen molar-refractivity contribution in [3.05, 3.63) is 17.2 Å². The fourth-order valence-corrected chi connectivity index (χ4v) is 1.78. The van der Waals surface area contributed by atoms with E-state index < -0.39 is 0 Å². The van der Waals surface area contributed by atoms with Crippen LogP contribution in [0.15, 0.2) is 0 Å². The smallest absolute Gasteiger partial charge is 0.170 e. The number of ether oxygens (including phenoxy) is 1. The summed E-state index contributed by atoms with van der Waals surface area (Å²) in [5, 5.41) is 0. The van der Waals surface area contributed by atoms with Crippen molar-refractivity contribution in [2.75, 3.05) is 13.2 Å². The van der Waals surface area contributed by atoms with Gasteiger partial charge < -0.3 is 9.72 Å². The van der Waals surface area contributed by atoms with E-state index in [4.69, 9.17) is 4.74 Å². The zero-order valence-corrected chi connectivity index (χ0v) is 8.25. The molecule has 4 heteroatoms. The summed E-state index contributed by atoms with van der Waals surface area (Å²) in [7, 11) is 0. The number of nitrogens with zero attached hydrogens (tertiary/aromatic N) is 1. The highest BCUT2D eigenvalue weighted by atomic mass is 16.5. The Morgan fingerprint density at radius 2 is 2.21 bits per heavy atom. The minimum atomic E-state index is 0.427. The number of aromatic amines is 1. The normalized spacial score (nSPS) is 18.4. The molecule has 2 heterocycles. The lowest BCUT2D eigenvalue weighted by atomic mass is 10.00. The minimum Gasteiger partial charge on any atom is -0.381 e. The van der Waals surface area contributed by atoms with Crippen molar-refractivity contribution in [2.45, 2.75) is 25.7 Å². The van der Waals surface area contributed by atoms with Crippen LogP contribution in [0.5, 0.6) is 0 Å². The van der Waals surface area contributed by atoms with E-state index in [0.717, 1.165) is 43.9 Å². The second-order valence-corrected chi connectivity index (χ2v) is 3.64. The molecular formula is C10H14N2O2. The Labute approximate surface area is 82.7 Å². The number of hydrogen-bond donors (Lipinski definition) is 1. The lowest BCUT2D eigenvalue weighted by Crippen LogP contribution is -2.15. The molecular weight excluding hydrogens is 180 g/mol. The number of aldehydes is 1. The summed E-state index contributed by atoms with van der Waals surface area (Å²) in [4.78, 5) is 18.1. The molecule has 76 valence electrons. The molecule has 0 bridgehead atoms. The Morgan fingerprint density at radius 3 is 2.79 bits per heavy atom. The molecule has 0 aliphatic carbocycles. The third-order valence-corrected chi connectivity index (χ3v) is 2.66. The van der Waals surface area contributed by atoms with Gasteiger partial charge >= 0.3 is 0 Å². The quantitative estimate of drug-likeness (QED) is 0.724. The molecule has 2 rings (SSSR count). The van der Waals surface area contributed by atoms with E-state index in [9.17, 15) is 4.79 Å². The van der Waals surface area contributed by atoms with Gasteiger partial charge in [-0.3, -0.25) is 4.79 Å². The summed E-state index contributed by atoms with van der Waals surface area (Å²) in [5.74, 6) is 1.36. The lowest BCUT2D eigenvalue weighted by molar-refractivity contribution is 0.0837. The van der Waals surface area contributed by atoms with Gasteiger partial charge in [-0.2, -0.15) is 0 Å². The fraction of sp³-hybridized carbons (Fsp3) is 0.600. The number of H-pyrrole nitrogens is 1. The van der Waals surface area contributed by atoms with Crippen LogP contribution in [-0.2, 0) is 4.74 Å². The molecule has 14 heavy (non-hydrogen) atoms. The molecule has 0 saturated carbocycles. The highest BCUT2D eigenvalue weighted by Gasteiger charge is 2.19. The predicted molar refractivity (Wildman–Crippen MR) is 51.5 cm³/mol. The fourth-order valence-electron chi connectivity index (χ4n) is 1.78. The maximum Gasteiger partial charge on any atom is 0.170 e. The third-order valence-electron chi connectivity index (χ3n) is 2.66. The van der Waals surface area contributed by atoms with Gasteiger partial charge in [0.15, 0.2) is 6.29 Å². The minimum absolute atomic E-state index is 0.427. The van der Waals surface area contributed by atoms with Crippen LogP contribution >= 0.6 is 0 Å². The second kappa shape index (κ2) is 3.92. The number of rotatable bonds is 2. The Balaban J connectivity index is 2.18. The second-order valence-electron chi connectivity index (χ2n) is 3.64. The van der Waals surface area contributed by atoms with Gasteiger partial charge in [-0.1, -0.05) is 0 Å². The molecule has 0 spiro atoms. The highest BCUT2D eigenvalue weighted by Crippen LogP contribution is 2.24. The molecule has 4 nitrogen and oxygen atoms in total. The highest BCUT2D eigenvalue weighted by molar-refractivity contribution is 5.73. The number of aryl methyl sites for hydroxylation is 1. The average Bonchev–Trinajstić information content (AvgIpc) is 2.61. The van der Waals surface area contributed by atoms with Gasteiger partial charge in [-0.05, 0) is 19.8 Å². The van der Waals surface area contributed by atoms with Gasteiger partial charge in [-0.15, -0.1) is 0 Å². The number of imidazole rings is 1. The van der Waals surface area contributed by atoms with Crippen molar-refractivity contribution in [1.82, 2.24) is 9.97 Å². The molecule has 1 aromatic heterocycles. The standard InChI is InChI=1S/C10H14N2O2/c1-7-9(6-13)12-10(11-7)8-2-4-14-5-3-8/h6,8H,2-5H2,1H3,(H,11,12). The van der Waals surface area contributed by atoms with Crippen LogP contribution in [-0.4, -0.2) is 29.5 Å². The molecule has 0 atom stereocenters. The SMILES string of the molecule is Cc1[nH]c(C2CCOCC2)nc1C=O. The van der Waals surface area contributed by atoms with Crippen LogP contribution in [0.2, 0.25) is 0 Å². The summed E-state index contributed by atoms with van der Waals surface area (Å²) in [6, 6.07) is 0. The molecule has 1 fully saturated rings. The summed E-state index contributed by atoms with van der Waals surface area (Å²) in [5.41, 5.74) is 1.40. The van der Waals surface area contributed by atoms with Crippen molar-refractivity contribution < 1.29 is 9.53 Å². The van der Waals surface area contributed by atoms with E-state index in [1.807, 2.05) is 6.92 Å². The van der Waals surface area contributed by atoms with Crippen LogP contribution < -0.4 is 0 Å². The maximum absolute atomic E-state index is 10.6. The largest absolute Gasteiger partial charge is 0.381 e. The molecule has 0 aromatic carbocycles. The summed E-state index contributed by atoms with van der Waals surface area (Å²) >= 11 is 0. The van der Waals surface area contributed by atoms with Crippen LogP contribution in [0.4, 0.5) is 0 Å². The molecule has 0 amide bonds. The predicted octanol–water partition coefficient (Wildman–Crippen LogP) is 1.42. The molecule has 1 saturated heterocycles. The Bertz CT molecular complexity index is 327. The van der Waals surface area contributed by atoms with Crippen LogP contribution in [0.25, 0.3) is 0 Å². The van der Waals surface area contributed by atoms with Crippen molar-refractivity contribution >= 4 is 6.29 Å². The number of carbonyl (C=O) groups is 1. The number of nitrogens with one attached hydrogen (secondary N) is 1. The van der Waals surface area contributed by atoms with Gasteiger partial charge in [0.2, 0.25) is 0 Å². The van der Waals surface area contributed by atoms with E-state index in [1.165, 1.54) is 0 Å². The van der Waals surface area contributed by atoms with Crippen molar-refractivity contribution in [3.8, 4) is 0 Å². The van der Waals surface area contributed by atoms with Crippen LogP contribution in [0.1, 0.15) is 40.8 Å². The summed E-state index contributed by atoms with van der Waals surface area (Å²) in [6.45, 7) is 3.46. The maximum atomic E-state index is 10.6. The van der Waals surface area contributed by atoms with E-state index in [-0.39, 0.29) is 0 Å². The van der Waals surface area contributed by atoms with Gasteiger partial charge in [-0.25, -0.2) is 4.98 Å². The first-order chi connectivity index (χ1) is 6.81. The molecule has 1 N–H and O–H groups in total. The first kappa shape index (κ1) is 9.40. The Morgan fingerprint density at radius 1 is 1.50 bits per heavy atom.